The fourth-order valence-corrected chi connectivity index (χ4v) is 2.21. The molecule has 2 rings (SSSR count). The molecular formula is C14H20N2O2. The van der Waals surface area contributed by atoms with Crippen molar-refractivity contribution in [2.24, 2.45) is 5.92 Å². The lowest BCUT2D eigenvalue weighted by Gasteiger charge is -2.28. The molecule has 0 aromatic heterocycles. The van der Waals surface area contributed by atoms with Crippen molar-refractivity contribution in [3.05, 3.63) is 23.8 Å². The highest BCUT2D eigenvalue weighted by Crippen LogP contribution is 2.37. The number of rotatable bonds is 4. The van der Waals surface area contributed by atoms with Crippen LogP contribution in [0.15, 0.2) is 18.2 Å². The second-order valence-electron chi connectivity index (χ2n) is 4.95. The Morgan fingerprint density at radius 2 is 2.17 bits per heavy atom. The molecule has 0 saturated heterocycles. The third kappa shape index (κ3) is 2.42. The standard InChI is InChI=1S/C14H20N2O2/c1-9(10-4-5-10)16(2)13-8-11(14(17)18-3)6-7-12(13)15/h6-10H,4-5,15H2,1-3H3. The molecule has 1 unspecified atom stereocenters. The Hall–Kier alpha value is -1.71. The van der Waals surface area contributed by atoms with Crippen molar-refractivity contribution >= 4 is 17.3 Å². The summed E-state index contributed by atoms with van der Waals surface area (Å²) in [4.78, 5) is 13.7. The van der Waals surface area contributed by atoms with Gasteiger partial charge in [0.25, 0.3) is 0 Å². The predicted molar refractivity (Wildman–Crippen MR) is 72.8 cm³/mol. The minimum Gasteiger partial charge on any atom is -0.465 e. The Kier molecular flexibility index (Phi) is 3.45. The summed E-state index contributed by atoms with van der Waals surface area (Å²) in [6, 6.07) is 5.71. The van der Waals surface area contributed by atoms with E-state index < -0.39 is 0 Å². The Labute approximate surface area is 108 Å². The number of ether oxygens (including phenoxy) is 1. The van der Waals surface area contributed by atoms with E-state index in [9.17, 15) is 4.79 Å². The summed E-state index contributed by atoms with van der Waals surface area (Å²) in [6.45, 7) is 2.20. The fraction of sp³-hybridized carbons (Fsp3) is 0.500. The van der Waals surface area contributed by atoms with E-state index in [0.717, 1.165) is 11.6 Å². The van der Waals surface area contributed by atoms with E-state index >= 15 is 0 Å². The van der Waals surface area contributed by atoms with Gasteiger partial charge < -0.3 is 15.4 Å². The molecule has 18 heavy (non-hydrogen) atoms. The van der Waals surface area contributed by atoms with E-state index in [4.69, 9.17) is 10.5 Å². The van der Waals surface area contributed by atoms with Crippen molar-refractivity contribution in [2.75, 3.05) is 24.8 Å². The minimum absolute atomic E-state index is 0.330. The molecule has 0 heterocycles. The van der Waals surface area contributed by atoms with E-state index in [-0.39, 0.29) is 5.97 Å². The van der Waals surface area contributed by atoms with Crippen LogP contribution in [0, 0.1) is 5.92 Å². The van der Waals surface area contributed by atoms with Crippen molar-refractivity contribution in [2.45, 2.75) is 25.8 Å². The maximum absolute atomic E-state index is 11.5. The fourth-order valence-electron chi connectivity index (χ4n) is 2.21. The highest BCUT2D eigenvalue weighted by Gasteiger charge is 2.31. The molecule has 4 nitrogen and oxygen atoms in total. The molecule has 0 amide bonds. The number of hydrogen-bond donors (Lipinski definition) is 1. The van der Waals surface area contributed by atoms with E-state index in [1.54, 1.807) is 18.2 Å². The summed E-state index contributed by atoms with van der Waals surface area (Å²) in [7, 11) is 3.41. The summed E-state index contributed by atoms with van der Waals surface area (Å²) in [5.74, 6) is 0.417. The van der Waals surface area contributed by atoms with Crippen LogP contribution in [0.1, 0.15) is 30.1 Å². The number of nitrogens with two attached hydrogens (primary N) is 1. The first-order valence-corrected chi connectivity index (χ1v) is 6.25. The highest BCUT2D eigenvalue weighted by atomic mass is 16.5. The first kappa shape index (κ1) is 12.7. The lowest BCUT2D eigenvalue weighted by Crippen LogP contribution is -2.31. The number of anilines is 2. The zero-order chi connectivity index (χ0) is 13.3. The van der Waals surface area contributed by atoms with E-state index in [2.05, 4.69) is 11.8 Å². The van der Waals surface area contributed by atoms with Crippen LogP contribution in [0.25, 0.3) is 0 Å². The van der Waals surface area contributed by atoms with Crippen LogP contribution in [-0.4, -0.2) is 26.2 Å². The van der Waals surface area contributed by atoms with Gasteiger partial charge in [-0.2, -0.15) is 0 Å². The molecular weight excluding hydrogens is 228 g/mol. The second-order valence-corrected chi connectivity index (χ2v) is 4.95. The summed E-state index contributed by atoms with van der Waals surface area (Å²) in [5.41, 5.74) is 8.13. The van der Waals surface area contributed by atoms with Crippen LogP contribution in [-0.2, 0) is 4.74 Å². The van der Waals surface area contributed by atoms with Gasteiger partial charge in [0.1, 0.15) is 0 Å². The second kappa shape index (κ2) is 4.88. The molecule has 1 fully saturated rings. The van der Waals surface area contributed by atoms with Gasteiger partial charge in [0.15, 0.2) is 0 Å². The molecule has 0 aliphatic heterocycles. The predicted octanol–water partition coefficient (Wildman–Crippen LogP) is 2.29. The van der Waals surface area contributed by atoms with Crippen LogP contribution < -0.4 is 10.6 Å². The Morgan fingerprint density at radius 3 is 2.72 bits per heavy atom. The first-order valence-electron chi connectivity index (χ1n) is 6.25. The number of carbonyl (C=O) groups is 1. The van der Waals surface area contributed by atoms with Gasteiger partial charge in [0.2, 0.25) is 0 Å². The highest BCUT2D eigenvalue weighted by molar-refractivity contribution is 5.92. The van der Waals surface area contributed by atoms with E-state index in [1.807, 2.05) is 7.05 Å². The topological polar surface area (TPSA) is 55.6 Å². The van der Waals surface area contributed by atoms with Crippen LogP contribution in [0.3, 0.4) is 0 Å². The summed E-state index contributed by atoms with van der Waals surface area (Å²) < 4.78 is 4.73. The molecule has 1 saturated carbocycles. The minimum atomic E-state index is -0.330. The van der Waals surface area contributed by atoms with Gasteiger partial charge in [-0.1, -0.05) is 0 Å². The summed E-state index contributed by atoms with van der Waals surface area (Å²) in [5, 5.41) is 0. The average Bonchev–Trinajstić information content (AvgIpc) is 3.21. The molecule has 0 radical (unpaired) electrons. The van der Waals surface area contributed by atoms with Crippen LogP contribution in [0.4, 0.5) is 11.4 Å². The molecule has 98 valence electrons. The molecule has 1 atom stereocenters. The molecule has 1 aliphatic rings. The number of esters is 1. The van der Waals surface area contributed by atoms with Gasteiger partial charge in [-0.15, -0.1) is 0 Å². The Morgan fingerprint density at radius 1 is 1.50 bits per heavy atom. The van der Waals surface area contributed by atoms with Gasteiger partial charge in [0, 0.05) is 13.1 Å². The number of hydrogen-bond acceptors (Lipinski definition) is 4. The van der Waals surface area contributed by atoms with Crippen molar-refractivity contribution in [1.82, 2.24) is 0 Å². The van der Waals surface area contributed by atoms with Gasteiger partial charge in [-0.3, -0.25) is 0 Å². The molecule has 2 N–H and O–H groups in total. The quantitative estimate of drug-likeness (QED) is 0.656. The third-order valence-electron chi connectivity index (χ3n) is 3.75. The molecule has 0 bridgehead atoms. The smallest absolute Gasteiger partial charge is 0.337 e. The van der Waals surface area contributed by atoms with Gasteiger partial charge >= 0.3 is 5.97 Å². The average molecular weight is 248 g/mol. The normalized spacial score (nSPS) is 16.2. The van der Waals surface area contributed by atoms with Crippen molar-refractivity contribution < 1.29 is 9.53 Å². The van der Waals surface area contributed by atoms with Gasteiger partial charge in [-0.25, -0.2) is 4.79 Å². The zero-order valence-corrected chi connectivity index (χ0v) is 11.1. The van der Waals surface area contributed by atoms with Crippen LogP contribution in [0.2, 0.25) is 0 Å². The summed E-state index contributed by atoms with van der Waals surface area (Å²) >= 11 is 0. The van der Waals surface area contributed by atoms with Crippen molar-refractivity contribution in [3.63, 3.8) is 0 Å². The largest absolute Gasteiger partial charge is 0.465 e. The number of benzene rings is 1. The van der Waals surface area contributed by atoms with E-state index in [1.165, 1.54) is 20.0 Å². The van der Waals surface area contributed by atoms with Crippen LogP contribution in [0.5, 0.6) is 0 Å². The maximum atomic E-state index is 11.5. The number of nitrogens with zero attached hydrogens (tertiary/aromatic N) is 1. The number of carbonyl (C=O) groups excluding carboxylic acids is 1. The molecule has 1 aliphatic carbocycles. The zero-order valence-electron chi connectivity index (χ0n) is 11.1. The summed E-state index contributed by atoms with van der Waals surface area (Å²) in [6.07, 6.45) is 2.56. The van der Waals surface area contributed by atoms with Crippen LogP contribution >= 0.6 is 0 Å². The molecule has 1 aromatic carbocycles. The maximum Gasteiger partial charge on any atom is 0.337 e. The lowest BCUT2D eigenvalue weighted by atomic mass is 10.1. The Bertz CT molecular complexity index is 455. The molecule has 1 aromatic rings. The van der Waals surface area contributed by atoms with Gasteiger partial charge in [0.05, 0.1) is 24.0 Å². The number of nitrogen functional groups attached to an aromatic ring is 1. The SMILES string of the molecule is COC(=O)c1ccc(N)c(N(C)C(C)C2CC2)c1. The third-order valence-corrected chi connectivity index (χ3v) is 3.75. The van der Waals surface area contributed by atoms with E-state index in [0.29, 0.717) is 17.3 Å². The molecule has 0 spiro atoms. The monoisotopic (exact) mass is 248 g/mol. The Balaban J connectivity index is 2.27. The first-order chi connectivity index (χ1) is 8.54. The molecule has 4 heteroatoms. The lowest BCUT2D eigenvalue weighted by molar-refractivity contribution is 0.0601. The number of methoxy groups -OCH3 is 1. The van der Waals surface area contributed by atoms with Crippen molar-refractivity contribution in [1.29, 1.82) is 0 Å². The van der Waals surface area contributed by atoms with Crippen molar-refractivity contribution in [3.8, 4) is 0 Å². The van der Waals surface area contributed by atoms with Gasteiger partial charge in [-0.05, 0) is 43.9 Å².